The standard InChI is InChI=1S/C15H22O/c16-15(13(9-1-2-9)10-3-4-10)14(11-5-6-11)12-7-8-12/h9-14H,1-8H2. The minimum Gasteiger partial charge on any atom is -0.299 e. The molecule has 4 fully saturated rings. The fourth-order valence-electron chi connectivity index (χ4n) is 3.74. The van der Waals surface area contributed by atoms with Gasteiger partial charge in [-0.15, -0.1) is 0 Å². The van der Waals surface area contributed by atoms with Crippen LogP contribution < -0.4 is 0 Å². The molecule has 4 saturated carbocycles. The van der Waals surface area contributed by atoms with Crippen LogP contribution in [0, 0.1) is 35.5 Å². The molecule has 16 heavy (non-hydrogen) atoms. The number of hydrogen-bond acceptors (Lipinski definition) is 1. The Hall–Kier alpha value is -0.330. The Kier molecular flexibility index (Phi) is 2.02. The molecule has 88 valence electrons. The highest BCUT2D eigenvalue weighted by Crippen LogP contribution is 2.56. The summed E-state index contributed by atoms with van der Waals surface area (Å²) < 4.78 is 0. The van der Waals surface area contributed by atoms with Gasteiger partial charge in [-0.1, -0.05) is 0 Å². The van der Waals surface area contributed by atoms with E-state index in [0.717, 1.165) is 29.5 Å². The highest BCUT2D eigenvalue weighted by molar-refractivity contribution is 5.85. The molecule has 0 bridgehead atoms. The minimum atomic E-state index is 0.520. The molecule has 0 aromatic carbocycles. The van der Waals surface area contributed by atoms with Gasteiger partial charge >= 0.3 is 0 Å². The second-order valence-electron chi connectivity index (χ2n) is 6.80. The molecule has 4 aliphatic rings. The highest BCUT2D eigenvalue weighted by Gasteiger charge is 2.52. The predicted octanol–water partition coefficient (Wildman–Crippen LogP) is 3.43. The molecule has 0 radical (unpaired) electrons. The lowest BCUT2D eigenvalue weighted by Gasteiger charge is -2.22. The number of ketones is 1. The second-order valence-corrected chi connectivity index (χ2v) is 6.80. The molecular formula is C15H22O. The SMILES string of the molecule is O=C(C(C1CC1)C1CC1)C(C1CC1)C1CC1. The lowest BCUT2D eigenvalue weighted by molar-refractivity contribution is -0.129. The van der Waals surface area contributed by atoms with Crippen molar-refractivity contribution in [2.75, 3.05) is 0 Å². The van der Waals surface area contributed by atoms with E-state index in [-0.39, 0.29) is 0 Å². The van der Waals surface area contributed by atoms with Crippen molar-refractivity contribution < 1.29 is 4.79 Å². The van der Waals surface area contributed by atoms with Crippen LogP contribution in [0.25, 0.3) is 0 Å². The molecule has 0 aliphatic heterocycles. The van der Waals surface area contributed by atoms with E-state index in [9.17, 15) is 4.79 Å². The molecule has 4 rings (SSSR count). The molecule has 1 heteroatoms. The van der Waals surface area contributed by atoms with E-state index in [1.165, 1.54) is 51.4 Å². The van der Waals surface area contributed by atoms with E-state index in [1.54, 1.807) is 0 Å². The molecule has 0 unspecified atom stereocenters. The van der Waals surface area contributed by atoms with E-state index in [2.05, 4.69) is 0 Å². The second kappa shape index (κ2) is 3.34. The first-order chi connectivity index (χ1) is 7.84. The van der Waals surface area contributed by atoms with Gasteiger partial charge in [0.25, 0.3) is 0 Å². The van der Waals surface area contributed by atoms with Gasteiger partial charge in [-0.05, 0) is 75.0 Å². The van der Waals surface area contributed by atoms with Gasteiger partial charge in [-0.25, -0.2) is 0 Å². The van der Waals surface area contributed by atoms with E-state index in [4.69, 9.17) is 0 Å². The zero-order valence-electron chi connectivity index (χ0n) is 10.0. The molecular weight excluding hydrogens is 196 g/mol. The van der Waals surface area contributed by atoms with Crippen LogP contribution in [-0.2, 0) is 4.79 Å². The maximum Gasteiger partial charge on any atom is 0.140 e. The summed E-state index contributed by atoms with van der Waals surface area (Å²) in [5, 5.41) is 0. The van der Waals surface area contributed by atoms with E-state index < -0.39 is 0 Å². The molecule has 4 aliphatic carbocycles. The Morgan fingerprint density at radius 3 is 1.06 bits per heavy atom. The molecule has 0 heterocycles. The first kappa shape index (κ1) is 9.67. The Balaban J connectivity index is 1.52. The number of hydrogen-bond donors (Lipinski definition) is 0. The first-order valence-corrected chi connectivity index (χ1v) is 7.38. The van der Waals surface area contributed by atoms with Crippen molar-refractivity contribution in [2.45, 2.75) is 51.4 Å². The van der Waals surface area contributed by atoms with Gasteiger partial charge in [-0.2, -0.15) is 0 Å². The van der Waals surface area contributed by atoms with Crippen molar-refractivity contribution in [3.63, 3.8) is 0 Å². The number of Topliss-reactive ketones (excluding diaryl/α,β-unsaturated/α-hetero) is 1. The summed E-state index contributed by atoms with van der Waals surface area (Å²) >= 11 is 0. The Labute approximate surface area is 98.0 Å². The Morgan fingerprint density at radius 2 is 0.875 bits per heavy atom. The zero-order valence-corrected chi connectivity index (χ0v) is 10.0. The van der Waals surface area contributed by atoms with Gasteiger partial charge in [0.1, 0.15) is 5.78 Å². The average Bonchev–Trinajstić information content (AvgIpc) is 2.97. The minimum absolute atomic E-state index is 0.520. The van der Waals surface area contributed by atoms with Crippen molar-refractivity contribution in [3.8, 4) is 0 Å². The topological polar surface area (TPSA) is 17.1 Å². The summed E-state index contributed by atoms with van der Waals surface area (Å²) in [5.41, 5.74) is 0. The molecule has 0 atom stereocenters. The van der Waals surface area contributed by atoms with Crippen molar-refractivity contribution in [1.82, 2.24) is 0 Å². The smallest absolute Gasteiger partial charge is 0.140 e. The maximum atomic E-state index is 12.8. The van der Waals surface area contributed by atoms with Crippen molar-refractivity contribution in [3.05, 3.63) is 0 Å². The third-order valence-electron chi connectivity index (χ3n) is 5.18. The van der Waals surface area contributed by atoms with Gasteiger partial charge in [-0.3, -0.25) is 4.79 Å². The summed E-state index contributed by atoms with van der Waals surface area (Å²) in [7, 11) is 0. The van der Waals surface area contributed by atoms with Crippen LogP contribution in [0.5, 0.6) is 0 Å². The lowest BCUT2D eigenvalue weighted by Crippen LogP contribution is -2.29. The monoisotopic (exact) mass is 218 g/mol. The van der Waals surface area contributed by atoms with Crippen LogP contribution >= 0.6 is 0 Å². The Bertz CT molecular complexity index is 251. The zero-order chi connectivity index (χ0) is 10.7. The van der Waals surface area contributed by atoms with Gasteiger partial charge in [0.05, 0.1) is 0 Å². The molecule has 0 aromatic rings. The summed E-state index contributed by atoms with van der Waals surface area (Å²) in [6, 6.07) is 0. The van der Waals surface area contributed by atoms with Crippen LogP contribution in [0.1, 0.15) is 51.4 Å². The molecule has 1 nitrogen and oxygen atoms in total. The van der Waals surface area contributed by atoms with Crippen LogP contribution in [0.15, 0.2) is 0 Å². The van der Waals surface area contributed by atoms with Crippen LogP contribution in [-0.4, -0.2) is 5.78 Å². The molecule has 0 spiro atoms. The lowest BCUT2D eigenvalue weighted by atomic mass is 9.81. The van der Waals surface area contributed by atoms with E-state index >= 15 is 0 Å². The number of carbonyl (C=O) groups excluding carboxylic acids is 1. The molecule has 0 amide bonds. The number of rotatable bonds is 6. The van der Waals surface area contributed by atoms with Crippen LogP contribution in [0.3, 0.4) is 0 Å². The van der Waals surface area contributed by atoms with E-state index in [0.29, 0.717) is 11.8 Å². The maximum absolute atomic E-state index is 12.8. The van der Waals surface area contributed by atoms with Gasteiger partial charge in [0, 0.05) is 11.8 Å². The predicted molar refractivity (Wildman–Crippen MR) is 62.9 cm³/mol. The van der Waals surface area contributed by atoms with Crippen molar-refractivity contribution in [1.29, 1.82) is 0 Å². The summed E-state index contributed by atoms with van der Waals surface area (Å²) in [5.74, 6) is 5.05. The molecule has 0 N–H and O–H groups in total. The van der Waals surface area contributed by atoms with Crippen molar-refractivity contribution >= 4 is 5.78 Å². The van der Waals surface area contributed by atoms with Gasteiger partial charge < -0.3 is 0 Å². The van der Waals surface area contributed by atoms with Gasteiger partial charge in [0.15, 0.2) is 0 Å². The third kappa shape index (κ3) is 1.72. The first-order valence-electron chi connectivity index (χ1n) is 7.38. The number of carbonyl (C=O) groups is 1. The van der Waals surface area contributed by atoms with E-state index in [1.807, 2.05) is 0 Å². The molecule has 0 saturated heterocycles. The van der Waals surface area contributed by atoms with Crippen LogP contribution in [0.2, 0.25) is 0 Å². The fourth-order valence-corrected chi connectivity index (χ4v) is 3.74. The van der Waals surface area contributed by atoms with Crippen molar-refractivity contribution in [2.24, 2.45) is 35.5 Å². The summed E-state index contributed by atoms with van der Waals surface area (Å²) in [4.78, 5) is 12.8. The Morgan fingerprint density at radius 1 is 0.625 bits per heavy atom. The quantitative estimate of drug-likeness (QED) is 0.667. The largest absolute Gasteiger partial charge is 0.299 e. The summed E-state index contributed by atoms with van der Waals surface area (Å²) in [6.07, 6.45) is 10.8. The fraction of sp³-hybridized carbons (Fsp3) is 0.933. The normalized spacial score (nSPS) is 30.1. The molecule has 0 aromatic heterocycles. The summed E-state index contributed by atoms with van der Waals surface area (Å²) in [6.45, 7) is 0. The highest BCUT2D eigenvalue weighted by atomic mass is 16.1. The van der Waals surface area contributed by atoms with Gasteiger partial charge in [0.2, 0.25) is 0 Å². The third-order valence-corrected chi connectivity index (χ3v) is 5.18. The average molecular weight is 218 g/mol. The van der Waals surface area contributed by atoms with Crippen LogP contribution in [0.4, 0.5) is 0 Å².